The van der Waals surface area contributed by atoms with E-state index in [1.807, 2.05) is 11.9 Å². The topological polar surface area (TPSA) is 57.3 Å². The van der Waals surface area contributed by atoms with Crippen molar-refractivity contribution >= 4 is 17.5 Å². The van der Waals surface area contributed by atoms with Crippen molar-refractivity contribution in [3.05, 3.63) is 53.3 Å². The predicted octanol–water partition coefficient (Wildman–Crippen LogP) is 2.94. The third kappa shape index (κ3) is 3.96. The van der Waals surface area contributed by atoms with Crippen LogP contribution in [0.5, 0.6) is 0 Å². The van der Waals surface area contributed by atoms with Gasteiger partial charge in [0.2, 0.25) is 0 Å². The molecule has 1 aromatic heterocycles. The molecule has 5 nitrogen and oxygen atoms in total. The fourth-order valence-electron chi connectivity index (χ4n) is 3.01. The molecule has 0 aliphatic carbocycles. The summed E-state index contributed by atoms with van der Waals surface area (Å²) in [6.45, 7) is 1.85. The Morgan fingerprint density at radius 2 is 1.85 bits per heavy atom. The van der Waals surface area contributed by atoms with Gasteiger partial charge in [0.05, 0.1) is 0 Å². The number of halogens is 3. The van der Waals surface area contributed by atoms with E-state index in [1.54, 1.807) is 12.1 Å². The van der Waals surface area contributed by atoms with E-state index in [2.05, 4.69) is 15.6 Å². The van der Waals surface area contributed by atoms with Crippen molar-refractivity contribution < 1.29 is 18.0 Å². The number of rotatable bonds is 4. The van der Waals surface area contributed by atoms with Crippen molar-refractivity contribution in [2.45, 2.75) is 18.9 Å². The van der Waals surface area contributed by atoms with Gasteiger partial charge in [-0.1, -0.05) is 6.07 Å². The largest absolute Gasteiger partial charge is 0.357 e. The van der Waals surface area contributed by atoms with Crippen molar-refractivity contribution in [1.29, 1.82) is 0 Å². The molecular formula is C18H19F3N4O. The summed E-state index contributed by atoms with van der Waals surface area (Å²) in [6.07, 6.45) is 1.95. The van der Waals surface area contributed by atoms with Crippen LogP contribution in [0.4, 0.5) is 24.8 Å². The number of carbonyl (C=O) groups excluding carboxylic acids is 1. The molecule has 1 aliphatic heterocycles. The minimum absolute atomic E-state index is 0.163. The monoisotopic (exact) mass is 364 g/mol. The van der Waals surface area contributed by atoms with Gasteiger partial charge in [0.1, 0.15) is 34.7 Å². The predicted molar refractivity (Wildman–Crippen MR) is 92.8 cm³/mol. The summed E-state index contributed by atoms with van der Waals surface area (Å²) >= 11 is 0. The van der Waals surface area contributed by atoms with Gasteiger partial charge in [0.15, 0.2) is 0 Å². The van der Waals surface area contributed by atoms with Gasteiger partial charge >= 0.3 is 0 Å². The lowest BCUT2D eigenvalue weighted by molar-refractivity contribution is 0.101. The van der Waals surface area contributed by atoms with Crippen LogP contribution >= 0.6 is 0 Å². The number of carbonyl (C=O) groups is 1. The lowest BCUT2D eigenvalue weighted by Crippen LogP contribution is -2.41. The highest BCUT2D eigenvalue weighted by Gasteiger charge is 2.21. The number of amides is 1. The number of anilines is 2. The van der Waals surface area contributed by atoms with E-state index in [1.165, 1.54) is 6.07 Å². The van der Waals surface area contributed by atoms with Crippen LogP contribution in [0.15, 0.2) is 30.3 Å². The summed E-state index contributed by atoms with van der Waals surface area (Å²) in [7, 11) is 1.92. The van der Waals surface area contributed by atoms with Gasteiger partial charge in [-0.25, -0.2) is 18.2 Å². The third-order valence-electron chi connectivity index (χ3n) is 4.43. The Kier molecular flexibility index (Phi) is 5.41. The smallest absolute Gasteiger partial charge is 0.262 e. The lowest BCUT2D eigenvalue weighted by atomic mass is 10.1. The lowest BCUT2D eigenvalue weighted by Gasteiger charge is -2.32. The zero-order valence-electron chi connectivity index (χ0n) is 14.2. The number of nitrogens with zero attached hydrogens (tertiary/aromatic N) is 2. The van der Waals surface area contributed by atoms with Gasteiger partial charge in [-0.05, 0) is 38.1 Å². The average Bonchev–Trinajstić information content (AvgIpc) is 2.61. The number of aromatic nitrogens is 1. The van der Waals surface area contributed by atoms with Gasteiger partial charge in [0.25, 0.3) is 5.91 Å². The van der Waals surface area contributed by atoms with Crippen molar-refractivity contribution in [2.24, 2.45) is 0 Å². The Balaban J connectivity index is 1.77. The molecule has 26 heavy (non-hydrogen) atoms. The zero-order chi connectivity index (χ0) is 18.7. The van der Waals surface area contributed by atoms with Crippen LogP contribution in [-0.2, 0) is 0 Å². The molecule has 0 radical (unpaired) electrons. The van der Waals surface area contributed by atoms with Crippen molar-refractivity contribution in [3.8, 4) is 0 Å². The summed E-state index contributed by atoms with van der Waals surface area (Å²) in [4.78, 5) is 18.5. The van der Waals surface area contributed by atoms with Gasteiger partial charge in [-0.15, -0.1) is 0 Å². The van der Waals surface area contributed by atoms with E-state index >= 15 is 0 Å². The molecule has 1 amide bonds. The minimum Gasteiger partial charge on any atom is -0.357 e. The van der Waals surface area contributed by atoms with E-state index in [0.717, 1.165) is 25.9 Å². The Hall–Kier alpha value is -2.61. The van der Waals surface area contributed by atoms with E-state index in [4.69, 9.17) is 0 Å². The van der Waals surface area contributed by atoms with E-state index in [9.17, 15) is 18.0 Å². The number of nitrogens with one attached hydrogen (secondary N) is 2. The summed E-state index contributed by atoms with van der Waals surface area (Å²) < 4.78 is 40.5. The first-order valence-electron chi connectivity index (χ1n) is 8.32. The number of piperidine rings is 1. The Morgan fingerprint density at radius 3 is 2.50 bits per heavy atom. The highest BCUT2D eigenvalue weighted by atomic mass is 19.1. The molecule has 0 bridgehead atoms. The number of hydrogen-bond donors (Lipinski definition) is 2. The molecule has 1 saturated heterocycles. The first kappa shape index (κ1) is 18.2. The molecular weight excluding hydrogens is 345 g/mol. The number of pyridine rings is 1. The number of hydrogen-bond acceptors (Lipinski definition) is 4. The molecule has 0 unspecified atom stereocenters. The van der Waals surface area contributed by atoms with Crippen LogP contribution in [0.1, 0.15) is 23.2 Å². The Morgan fingerprint density at radius 1 is 1.19 bits per heavy atom. The summed E-state index contributed by atoms with van der Waals surface area (Å²) in [6, 6.07) is 6.28. The average molecular weight is 364 g/mol. The van der Waals surface area contributed by atoms with Crippen molar-refractivity contribution in [3.63, 3.8) is 0 Å². The van der Waals surface area contributed by atoms with Crippen LogP contribution in [0, 0.1) is 17.5 Å². The fourth-order valence-corrected chi connectivity index (χ4v) is 3.01. The number of benzene rings is 1. The molecule has 8 heteroatoms. The van der Waals surface area contributed by atoms with Crippen LogP contribution in [0.3, 0.4) is 0 Å². The highest BCUT2D eigenvalue weighted by molar-refractivity contribution is 6.04. The van der Waals surface area contributed by atoms with Crippen LogP contribution in [-0.4, -0.2) is 37.1 Å². The first-order chi connectivity index (χ1) is 12.5. The van der Waals surface area contributed by atoms with E-state index < -0.39 is 28.9 Å². The normalized spacial score (nSPS) is 14.9. The third-order valence-corrected chi connectivity index (χ3v) is 4.43. The van der Waals surface area contributed by atoms with Crippen LogP contribution < -0.4 is 15.5 Å². The van der Waals surface area contributed by atoms with Crippen molar-refractivity contribution in [1.82, 2.24) is 10.3 Å². The highest BCUT2D eigenvalue weighted by Crippen LogP contribution is 2.21. The zero-order valence-corrected chi connectivity index (χ0v) is 14.2. The summed E-state index contributed by atoms with van der Waals surface area (Å²) in [5.74, 6) is -3.81. The van der Waals surface area contributed by atoms with Gasteiger partial charge in [-0.3, -0.25) is 4.79 Å². The molecule has 138 valence electrons. The molecule has 0 atom stereocenters. The maximum absolute atomic E-state index is 13.7. The second-order valence-corrected chi connectivity index (χ2v) is 6.17. The van der Waals surface area contributed by atoms with Gasteiger partial charge in [-0.2, -0.15) is 0 Å². The Bertz CT molecular complexity index is 786. The molecule has 3 rings (SSSR count). The maximum atomic E-state index is 13.7. The summed E-state index contributed by atoms with van der Waals surface area (Å²) in [5.41, 5.74) is -0.842. The molecule has 1 fully saturated rings. The SMILES string of the molecule is CN(c1cccc(NC(=O)c2c(F)cc(F)cc2F)n1)C1CCNCC1. The van der Waals surface area contributed by atoms with E-state index in [-0.39, 0.29) is 5.82 Å². The van der Waals surface area contributed by atoms with Crippen molar-refractivity contribution in [2.75, 3.05) is 30.4 Å². The minimum atomic E-state index is -1.26. The van der Waals surface area contributed by atoms with Crippen LogP contribution in [0.2, 0.25) is 0 Å². The first-order valence-corrected chi connectivity index (χ1v) is 8.32. The Labute approximate surface area is 149 Å². The summed E-state index contributed by atoms with van der Waals surface area (Å²) in [5, 5.41) is 5.66. The molecule has 1 aliphatic rings. The second-order valence-electron chi connectivity index (χ2n) is 6.17. The van der Waals surface area contributed by atoms with Crippen LogP contribution in [0.25, 0.3) is 0 Å². The quantitative estimate of drug-likeness (QED) is 0.876. The van der Waals surface area contributed by atoms with Gasteiger partial charge < -0.3 is 15.5 Å². The fraction of sp³-hybridized carbons (Fsp3) is 0.333. The molecule has 2 N–H and O–H groups in total. The molecule has 0 saturated carbocycles. The molecule has 2 heterocycles. The maximum Gasteiger partial charge on any atom is 0.262 e. The molecule has 0 spiro atoms. The second kappa shape index (κ2) is 7.74. The van der Waals surface area contributed by atoms with E-state index in [0.29, 0.717) is 24.0 Å². The molecule has 1 aromatic carbocycles. The van der Waals surface area contributed by atoms with Gasteiger partial charge in [0, 0.05) is 25.2 Å². The molecule has 2 aromatic rings. The standard InChI is InChI=1S/C18H19F3N4O/c1-25(12-5-7-22-8-6-12)16-4-2-3-15(23-16)24-18(26)17-13(20)9-11(19)10-14(17)21/h2-4,9-10,12,22H,5-8H2,1H3,(H,23,24,26).